The van der Waals surface area contributed by atoms with Crippen LogP contribution in [0.1, 0.15) is 49.3 Å². The van der Waals surface area contributed by atoms with Gasteiger partial charge in [0.1, 0.15) is 17.8 Å². The van der Waals surface area contributed by atoms with Crippen LogP contribution in [0.4, 0.5) is 0 Å². The fourth-order valence-corrected chi connectivity index (χ4v) is 4.28. The highest BCUT2D eigenvalue weighted by Gasteiger charge is 2.29. The summed E-state index contributed by atoms with van der Waals surface area (Å²) in [5.74, 6) is -0.888. The molecule has 0 spiro atoms. The molecule has 1 aliphatic heterocycles. The van der Waals surface area contributed by atoms with Crippen molar-refractivity contribution in [1.29, 1.82) is 0 Å². The molecule has 4 amide bonds. The van der Waals surface area contributed by atoms with Gasteiger partial charge in [-0.3, -0.25) is 19.2 Å². The molecular weight excluding hydrogens is 484 g/mol. The Morgan fingerprint density at radius 3 is 2.58 bits per heavy atom. The van der Waals surface area contributed by atoms with Crippen molar-refractivity contribution in [2.45, 2.75) is 64.6 Å². The summed E-state index contributed by atoms with van der Waals surface area (Å²) in [5, 5.41) is 8.31. The van der Waals surface area contributed by atoms with Crippen molar-refractivity contribution < 1.29 is 23.9 Å². The quantitative estimate of drug-likeness (QED) is 0.570. The third-order valence-electron chi connectivity index (χ3n) is 6.63. The number of rotatable bonds is 4. The first-order valence-corrected chi connectivity index (χ1v) is 13.1. The number of carbonyl (C=O) groups excluding carboxylic acids is 4. The Balaban J connectivity index is 1.85. The number of fused-ring (bicyclic) bond motifs is 2. The number of ether oxygens (including phenoxy) is 1. The molecule has 9 heteroatoms. The summed E-state index contributed by atoms with van der Waals surface area (Å²) >= 11 is 0. The van der Waals surface area contributed by atoms with Gasteiger partial charge in [0, 0.05) is 27.1 Å². The molecule has 2 atom stereocenters. The van der Waals surface area contributed by atoms with Crippen LogP contribution in [0, 0.1) is 6.92 Å². The number of hydrogen-bond donors (Lipinski definition) is 3. The minimum Gasteiger partial charge on any atom is -0.494 e. The summed E-state index contributed by atoms with van der Waals surface area (Å²) in [6.45, 7) is 4.53. The number of hydrogen-bond acceptors (Lipinski definition) is 5. The monoisotopic (exact) mass is 522 g/mol. The van der Waals surface area contributed by atoms with E-state index >= 15 is 0 Å². The van der Waals surface area contributed by atoms with E-state index in [1.165, 1.54) is 6.92 Å². The first-order valence-electron chi connectivity index (χ1n) is 13.1. The maximum absolute atomic E-state index is 13.3. The lowest BCUT2D eigenvalue weighted by atomic mass is 10.0. The SMILES string of the molecule is CC(=O)N[C@H]1CC(=O)N(C)CCCCOc2ccc(C)c(c2)CNC(=O)[C@H](CCc2ccccc2)NC1=O. The van der Waals surface area contributed by atoms with Gasteiger partial charge in [-0.2, -0.15) is 0 Å². The predicted molar refractivity (Wildman–Crippen MR) is 144 cm³/mol. The smallest absolute Gasteiger partial charge is 0.243 e. The van der Waals surface area contributed by atoms with E-state index in [4.69, 9.17) is 4.74 Å². The lowest BCUT2D eigenvalue weighted by Gasteiger charge is -2.25. The van der Waals surface area contributed by atoms with E-state index in [1.807, 2.05) is 55.5 Å². The van der Waals surface area contributed by atoms with Crippen molar-refractivity contribution in [2.75, 3.05) is 20.2 Å². The highest BCUT2D eigenvalue weighted by atomic mass is 16.5. The van der Waals surface area contributed by atoms with Crippen LogP contribution < -0.4 is 20.7 Å². The predicted octanol–water partition coefficient (Wildman–Crippen LogP) is 2.25. The average Bonchev–Trinajstić information content (AvgIpc) is 2.89. The van der Waals surface area contributed by atoms with Gasteiger partial charge in [0.15, 0.2) is 0 Å². The number of aryl methyl sites for hydroxylation is 2. The Morgan fingerprint density at radius 2 is 1.84 bits per heavy atom. The summed E-state index contributed by atoms with van der Waals surface area (Å²) < 4.78 is 5.90. The molecule has 0 aliphatic carbocycles. The third kappa shape index (κ3) is 8.90. The van der Waals surface area contributed by atoms with E-state index in [0.717, 1.165) is 35.3 Å². The van der Waals surface area contributed by atoms with Crippen molar-refractivity contribution in [2.24, 2.45) is 0 Å². The molecule has 0 radical (unpaired) electrons. The standard InChI is InChI=1S/C29H38N4O5/c1-20-11-13-24-17-23(20)19-30-28(36)25(14-12-22-9-5-4-6-10-22)32-29(37)26(31-21(2)34)18-27(35)33(3)15-7-8-16-38-24/h4-6,9-11,13,17,25-26H,7-8,12,14-16,18-19H2,1-3H3,(H,30,36)(H,31,34)(H,32,37)/t25-,26-/m0/s1. The highest BCUT2D eigenvalue weighted by Crippen LogP contribution is 2.18. The minimum absolute atomic E-state index is 0.199. The van der Waals surface area contributed by atoms with Crippen LogP contribution in [-0.4, -0.2) is 60.8 Å². The lowest BCUT2D eigenvalue weighted by molar-refractivity contribution is -0.136. The van der Waals surface area contributed by atoms with E-state index < -0.39 is 23.9 Å². The second kappa shape index (κ2) is 14.2. The van der Waals surface area contributed by atoms with Crippen LogP contribution in [0.15, 0.2) is 48.5 Å². The molecule has 2 aromatic carbocycles. The molecule has 1 heterocycles. The van der Waals surface area contributed by atoms with Gasteiger partial charge in [-0.1, -0.05) is 36.4 Å². The zero-order valence-electron chi connectivity index (χ0n) is 22.4. The van der Waals surface area contributed by atoms with E-state index in [9.17, 15) is 19.2 Å². The molecule has 2 aromatic rings. The molecule has 0 saturated carbocycles. The second-order valence-electron chi connectivity index (χ2n) is 9.72. The third-order valence-corrected chi connectivity index (χ3v) is 6.63. The normalized spacial score (nSPS) is 19.9. The molecule has 0 saturated heterocycles. The zero-order chi connectivity index (χ0) is 27.5. The van der Waals surface area contributed by atoms with Crippen LogP contribution in [0.5, 0.6) is 5.75 Å². The molecule has 3 rings (SSSR count). The Kier molecular flexibility index (Phi) is 10.7. The van der Waals surface area contributed by atoms with Gasteiger partial charge in [-0.25, -0.2) is 0 Å². The average molecular weight is 523 g/mol. The molecule has 9 nitrogen and oxygen atoms in total. The van der Waals surface area contributed by atoms with Crippen molar-refractivity contribution in [3.63, 3.8) is 0 Å². The molecule has 0 unspecified atom stereocenters. The van der Waals surface area contributed by atoms with Gasteiger partial charge >= 0.3 is 0 Å². The maximum Gasteiger partial charge on any atom is 0.243 e. The van der Waals surface area contributed by atoms with Crippen molar-refractivity contribution in [3.05, 3.63) is 65.2 Å². The Labute approximate surface area is 224 Å². The Bertz CT molecular complexity index is 1120. The van der Waals surface area contributed by atoms with Crippen LogP contribution in [0.25, 0.3) is 0 Å². The van der Waals surface area contributed by atoms with Gasteiger partial charge in [0.25, 0.3) is 0 Å². The van der Waals surface area contributed by atoms with Crippen molar-refractivity contribution in [1.82, 2.24) is 20.9 Å². The summed E-state index contributed by atoms with van der Waals surface area (Å²) in [5.41, 5.74) is 2.97. The van der Waals surface area contributed by atoms with Gasteiger partial charge in [0.2, 0.25) is 23.6 Å². The van der Waals surface area contributed by atoms with Crippen LogP contribution in [0.2, 0.25) is 0 Å². The van der Waals surface area contributed by atoms with Crippen molar-refractivity contribution in [3.8, 4) is 5.75 Å². The maximum atomic E-state index is 13.3. The number of nitrogens with one attached hydrogen (secondary N) is 3. The lowest BCUT2D eigenvalue weighted by Crippen LogP contribution is -2.54. The number of nitrogens with zero attached hydrogens (tertiary/aromatic N) is 1. The van der Waals surface area contributed by atoms with Gasteiger partial charge in [-0.05, 0) is 61.4 Å². The van der Waals surface area contributed by atoms with Crippen LogP contribution in [-0.2, 0) is 32.1 Å². The molecule has 2 bridgehead atoms. The van der Waals surface area contributed by atoms with Crippen LogP contribution in [0.3, 0.4) is 0 Å². The molecule has 0 fully saturated rings. The molecular formula is C29H38N4O5. The Hall–Kier alpha value is -3.88. The second-order valence-corrected chi connectivity index (χ2v) is 9.72. The van der Waals surface area contributed by atoms with E-state index in [1.54, 1.807) is 11.9 Å². The summed E-state index contributed by atoms with van der Waals surface area (Å²) in [4.78, 5) is 52.8. The fourth-order valence-electron chi connectivity index (χ4n) is 4.28. The van der Waals surface area contributed by atoms with E-state index in [2.05, 4.69) is 16.0 Å². The molecule has 204 valence electrons. The minimum atomic E-state index is -1.09. The topological polar surface area (TPSA) is 117 Å². The fraction of sp³-hybridized carbons (Fsp3) is 0.448. The molecule has 38 heavy (non-hydrogen) atoms. The van der Waals surface area contributed by atoms with Gasteiger partial charge < -0.3 is 25.6 Å². The number of benzene rings is 2. The van der Waals surface area contributed by atoms with E-state index in [0.29, 0.717) is 26.0 Å². The summed E-state index contributed by atoms with van der Waals surface area (Å²) in [6.07, 6.45) is 2.19. The number of carbonyl (C=O) groups is 4. The highest BCUT2D eigenvalue weighted by molar-refractivity contribution is 5.94. The summed E-state index contributed by atoms with van der Waals surface area (Å²) in [6, 6.07) is 13.5. The van der Waals surface area contributed by atoms with Gasteiger partial charge in [-0.15, -0.1) is 0 Å². The first kappa shape index (κ1) is 28.7. The number of amides is 4. The molecule has 1 aliphatic rings. The zero-order valence-corrected chi connectivity index (χ0v) is 22.4. The molecule has 0 aromatic heterocycles. The van der Waals surface area contributed by atoms with Crippen LogP contribution >= 0.6 is 0 Å². The first-order chi connectivity index (χ1) is 18.2. The largest absolute Gasteiger partial charge is 0.494 e. The van der Waals surface area contributed by atoms with Crippen molar-refractivity contribution >= 4 is 23.6 Å². The van der Waals surface area contributed by atoms with Gasteiger partial charge in [0.05, 0.1) is 13.0 Å². The Morgan fingerprint density at radius 1 is 1.08 bits per heavy atom. The van der Waals surface area contributed by atoms with E-state index in [-0.39, 0.29) is 24.8 Å². The molecule has 3 N–H and O–H groups in total. The summed E-state index contributed by atoms with van der Waals surface area (Å²) in [7, 11) is 1.67.